The van der Waals surface area contributed by atoms with Gasteiger partial charge < -0.3 is 23.9 Å². The molecule has 0 aliphatic carbocycles. The normalized spacial score (nSPS) is 13.5. The fourth-order valence-electron chi connectivity index (χ4n) is 4.96. The lowest BCUT2D eigenvalue weighted by atomic mass is 9.85. The number of benzene rings is 2. The Morgan fingerprint density at radius 1 is 1.18 bits per heavy atom. The number of aryl methyl sites for hydroxylation is 3. The minimum absolute atomic E-state index is 0.000925. The number of hydrogen-bond acceptors (Lipinski definition) is 7. The van der Waals surface area contributed by atoms with Gasteiger partial charge in [0.25, 0.3) is 5.56 Å². The van der Waals surface area contributed by atoms with E-state index in [-0.39, 0.29) is 28.7 Å². The number of pyridine rings is 1. The number of rotatable bonds is 4. The summed E-state index contributed by atoms with van der Waals surface area (Å²) in [7, 11) is 1.23. The summed E-state index contributed by atoms with van der Waals surface area (Å²) in [6.07, 6.45) is 0.408. The van der Waals surface area contributed by atoms with Crippen molar-refractivity contribution in [1.82, 2.24) is 4.57 Å². The third kappa shape index (κ3) is 3.09. The molecule has 1 atom stereocenters. The van der Waals surface area contributed by atoms with Crippen LogP contribution in [0, 0.1) is 13.8 Å². The number of methoxy groups -OCH3 is 1. The molecule has 3 heterocycles. The van der Waals surface area contributed by atoms with Crippen molar-refractivity contribution in [2.24, 2.45) is 0 Å². The zero-order chi connectivity index (χ0) is 24.3. The summed E-state index contributed by atoms with van der Waals surface area (Å²) in [6, 6.07) is 8.78. The first-order valence-electron chi connectivity index (χ1n) is 10.9. The molecular weight excluding hydrogens is 438 g/mol. The Balaban J connectivity index is 1.89. The summed E-state index contributed by atoms with van der Waals surface area (Å²) in [6.45, 7) is 3.80. The van der Waals surface area contributed by atoms with Crippen LogP contribution >= 0.6 is 0 Å². The molecule has 4 aromatic rings. The molecule has 2 N–H and O–H groups in total. The van der Waals surface area contributed by atoms with Crippen LogP contribution in [0.4, 0.5) is 0 Å². The number of carbonyl (C=O) groups is 1. The van der Waals surface area contributed by atoms with Gasteiger partial charge in [0.15, 0.2) is 11.5 Å². The standard InChI is InChI=1S/C26H23NO7/c1-12-13(2)26(32)34-24-16(12)10-19(28)23(30)21(24)17(11-20(29)33-3)18-9-15-6-4-5-14-7-8-27(22(14)15)25(18)31/h4-6,9-10,17,28,30H,7-8,11H2,1-3H3. The molecule has 0 fully saturated rings. The number of esters is 1. The maximum Gasteiger partial charge on any atom is 0.339 e. The van der Waals surface area contributed by atoms with Crippen molar-refractivity contribution >= 4 is 27.8 Å². The van der Waals surface area contributed by atoms with Gasteiger partial charge >= 0.3 is 11.6 Å². The monoisotopic (exact) mass is 461 g/mol. The van der Waals surface area contributed by atoms with Gasteiger partial charge in [-0.05, 0) is 48.9 Å². The first kappa shape index (κ1) is 21.8. The topological polar surface area (TPSA) is 119 Å². The maximum absolute atomic E-state index is 13.6. The molecular formula is C26H23NO7. The molecule has 5 rings (SSSR count). The molecule has 34 heavy (non-hydrogen) atoms. The van der Waals surface area contributed by atoms with E-state index in [1.807, 2.05) is 18.2 Å². The lowest BCUT2D eigenvalue weighted by Gasteiger charge is -2.21. The SMILES string of the molecule is COC(=O)CC(c1cc2cccc3c2n(c1=O)CC3)c1c(O)c(O)cc2c(C)c(C)c(=O)oc12. The van der Waals surface area contributed by atoms with E-state index in [1.54, 1.807) is 24.5 Å². The molecule has 1 unspecified atom stereocenters. The van der Waals surface area contributed by atoms with Crippen LogP contribution in [0.3, 0.4) is 0 Å². The maximum atomic E-state index is 13.6. The highest BCUT2D eigenvalue weighted by Gasteiger charge is 2.32. The highest BCUT2D eigenvalue weighted by molar-refractivity contribution is 5.90. The second-order valence-corrected chi connectivity index (χ2v) is 8.67. The van der Waals surface area contributed by atoms with Crippen molar-refractivity contribution < 1.29 is 24.2 Å². The predicted octanol–water partition coefficient (Wildman–Crippen LogP) is 3.39. The summed E-state index contributed by atoms with van der Waals surface area (Å²) >= 11 is 0. The smallest absolute Gasteiger partial charge is 0.339 e. The minimum atomic E-state index is -1.03. The molecule has 2 aromatic carbocycles. The van der Waals surface area contributed by atoms with E-state index in [9.17, 15) is 24.6 Å². The lowest BCUT2D eigenvalue weighted by molar-refractivity contribution is -0.140. The Kier molecular flexibility index (Phi) is 4.97. The van der Waals surface area contributed by atoms with Crippen LogP contribution < -0.4 is 11.2 Å². The molecule has 0 radical (unpaired) electrons. The molecule has 8 heteroatoms. The number of aromatic nitrogens is 1. The molecule has 0 amide bonds. The highest BCUT2D eigenvalue weighted by Crippen LogP contribution is 2.44. The molecule has 0 saturated heterocycles. The van der Waals surface area contributed by atoms with Gasteiger partial charge in [-0.15, -0.1) is 0 Å². The van der Waals surface area contributed by atoms with Crippen LogP contribution in [0.2, 0.25) is 0 Å². The van der Waals surface area contributed by atoms with Crippen molar-refractivity contribution in [3.8, 4) is 11.5 Å². The van der Waals surface area contributed by atoms with Crippen molar-refractivity contribution in [3.63, 3.8) is 0 Å². The minimum Gasteiger partial charge on any atom is -0.504 e. The van der Waals surface area contributed by atoms with Crippen LogP contribution in [0.25, 0.3) is 21.9 Å². The average molecular weight is 461 g/mol. The Morgan fingerprint density at radius 3 is 2.68 bits per heavy atom. The third-order valence-electron chi connectivity index (χ3n) is 6.89. The second-order valence-electron chi connectivity index (χ2n) is 8.67. The fourth-order valence-corrected chi connectivity index (χ4v) is 4.96. The van der Waals surface area contributed by atoms with Crippen molar-refractivity contribution in [2.45, 2.75) is 39.2 Å². The van der Waals surface area contributed by atoms with Gasteiger partial charge in [0.2, 0.25) is 0 Å². The largest absolute Gasteiger partial charge is 0.504 e. The number of ether oxygens (including phenoxy) is 1. The van der Waals surface area contributed by atoms with Gasteiger partial charge in [0.05, 0.1) is 19.0 Å². The summed E-state index contributed by atoms with van der Waals surface area (Å²) in [5.41, 5.74) is 2.17. The molecule has 0 bridgehead atoms. The van der Waals surface area contributed by atoms with E-state index < -0.39 is 29.0 Å². The molecule has 1 aliphatic heterocycles. The number of para-hydroxylation sites is 1. The molecule has 1 aliphatic rings. The molecule has 0 spiro atoms. The number of carbonyl (C=O) groups excluding carboxylic acids is 1. The van der Waals surface area contributed by atoms with Crippen LogP contribution in [-0.4, -0.2) is 27.9 Å². The van der Waals surface area contributed by atoms with Crippen molar-refractivity contribution in [1.29, 1.82) is 0 Å². The predicted molar refractivity (Wildman–Crippen MR) is 126 cm³/mol. The van der Waals surface area contributed by atoms with Crippen LogP contribution in [-0.2, 0) is 22.5 Å². The van der Waals surface area contributed by atoms with E-state index in [4.69, 9.17) is 9.15 Å². The van der Waals surface area contributed by atoms with E-state index in [1.165, 1.54) is 13.2 Å². The fraction of sp³-hybridized carbons (Fsp3) is 0.269. The van der Waals surface area contributed by atoms with Gasteiger partial charge in [-0.25, -0.2) is 4.79 Å². The van der Waals surface area contributed by atoms with Gasteiger partial charge in [0, 0.05) is 34.5 Å². The van der Waals surface area contributed by atoms with Crippen molar-refractivity contribution in [3.05, 3.63) is 78.9 Å². The van der Waals surface area contributed by atoms with E-state index in [0.29, 0.717) is 29.5 Å². The Morgan fingerprint density at radius 2 is 1.94 bits per heavy atom. The number of phenolic OH excluding ortho intramolecular Hbond substituents is 2. The number of hydrogen-bond donors (Lipinski definition) is 2. The lowest BCUT2D eigenvalue weighted by Crippen LogP contribution is -2.26. The number of nitrogens with zero attached hydrogens (tertiary/aromatic N) is 1. The average Bonchev–Trinajstić information content (AvgIpc) is 3.26. The quantitative estimate of drug-likeness (QED) is 0.272. The molecule has 8 nitrogen and oxygen atoms in total. The Bertz CT molecular complexity index is 1630. The van der Waals surface area contributed by atoms with Crippen LogP contribution in [0.1, 0.15) is 40.2 Å². The zero-order valence-electron chi connectivity index (χ0n) is 19.0. The molecule has 174 valence electrons. The van der Waals surface area contributed by atoms with Gasteiger partial charge in [-0.2, -0.15) is 0 Å². The third-order valence-corrected chi connectivity index (χ3v) is 6.89. The summed E-state index contributed by atoms with van der Waals surface area (Å²) < 4.78 is 12.1. The Labute approximate surface area is 193 Å². The van der Waals surface area contributed by atoms with E-state index in [2.05, 4.69) is 0 Å². The Hall–Kier alpha value is -4.07. The summed E-state index contributed by atoms with van der Waals surface area (Å²) in [4.78, 5) is 38.6. The first-order chi connectivity index (χ1) is 16.2. The van der Waals surface area contributed by atoms with E-state index in [0.717, 1.165) is 16.5 Å². The van der Waals surface area contributed by atoms with Crippen LogP contribution in [0.15, 0.2) is 44.3 Å². The highest BCUT2D eigenvalue weighted by atomic mass is 16.5. The molecule has 0 saturated carbocycles. The van der Waals surface area contributed by atoms with Crippen LogP contribution in [0.5, 0.6) is 11.5 Å². The molecule has 2 aromatic heterocycles. The summed E-state index contributed by atoms with van der Waals surface area (Å²) in [5.74, 6) is -2.65. The van der Waals surface area contributed by atoms with Gasteiger partial charge in [-0.3, -0.25) is 9.59 Å². The second kappa shape index (κ2) is 7.76. The summed E-state index contributed by atoms with van der Waals surface area (Å²) in [5, 5.41) is 22.7. The van der Waals surface area contributed by atoms with Crippen molar-refractivity contribution in [2.75, 3.05) is 7.11 Å². The van der Waals surface area contributed by atoms with E-state index >= 15 is 0 Å². The number of phenols is 2. The number of aromatic hydroxyl groups is 2. The number of fused-ring (bicyclic) bond motifs is 1. The zero-order valence-corrected chi connectivity index (χ0v) is 19.0. The van der Waals surface area contributed by atoms with Gasteiger partial charge in [-0.1, -0.05) is 18.2 Å². The van der Waals surface area contributed by atoms with Gasteiger partial charge in [0.1, 0.15) is 5.58 Å². The first-order valence-corrected chi connectivity index (χ1v) is 10.9.